The number of ether oxygens (including phenoxy) is 2. The first-order chi connectivity index (χ1) is 21.3. The molecule has 0 aliphatic carbocycles. The highest BCUT2D eigenvalue weighted by Gasteiger charge is 2.34. The van der Waals surface area contributed by atoms with Crippen molar-refractivity contribution in [2.45, 2.75) is 57.8 Å². The first-order valence-corrected chi connectivity index (χ1v) is 15.0. The molecule has 44 heavy (non-hydrogen) atoms. The van der Waals surface area contributed by atoms with Crippen LogP contribution in [0.3, 0.4) is 0 Å². The summed E-state index contributed by atoms with van der Waals surface area (Å²) in [5.41, 5.74) is 3.62. The van der Waals surface area contributed by atoms with E-state index in [1.807, 2.05) is 63.2 Å². The van der Waals surface area contributed by atoms with E-state index in [0.717, 1.165) is 23.1 Å². The van der Waals surface area contributed by atoms with Crippen molar-refractivity contribution in [1.82, 2.24) is 15.3 Å². The number of hydrogen-bond donors (Lipinski definition) is 0. The van der Waals surface area contributed by atoms with E-state index in [0.29, 0.717) is 37.9 Å². The van der Waals surface area contributed by atoms with Gasteiger partial charge in [-0.25, -0.2) is 4.79 Å². The molecular weight excluding hydrogens is 554 g/mol. The summed E-state index contributed by atoms with van der Waals surface area (Å²) in [6.45, 7) is 6.92. The number of piperidine rings is 1. The topological polar surface area (TPSA) is 86.9 Å². The third kappa shape index (κ3) is 7.51. The lowest BCUT2D eigenvalue weighted by Gasteiger charge is -2.37. The molecule has 2 unspecified atom stereocenters. The van der Waals surface area contributed by atoms with Crippen LogP contribution in [0.1, 0.15) is 55.7 Å². The first kappa shape index (κ1) is 29.5. The number of hydrogen-bond acceptors (Lipinski definition) is 8. The molecule has 2 atom stereocenters. The molecule has 4 aromatic carbocycles. The van der Waals surface area contributed by atoms with E-state index in [9.17, 15) is 4.79 Å². The molecule has 5 aromatic rings. The van der Waals surface area contributed by atoms with Gasteiger partial charge in [0.1, 0.15) is 5.60 Å². The average Bonchev–Trinajstić information content (AvgIpc) is 3.48. The van der Waals surface area contributed by atoms with Gasteiger partial charge in [-0.2, -0.15) is 0 Å². The monoisotopic (exact) mass is 591 g/mol. The molecule has 6 rings (SSSR count). The minimum Gasteiger partial charge on any atom is -0.427 e. The second-order valence-electron chi connectivity index (χ2n) is 12.2. The highest BCUT2D eigenvalue weighted by molar-refractivity contribution is 5.82. The predicted molar refractivity (Wildman–Crippen MR) is 168 cm³/mol. The smallest absolute Gasteiger partial charge is 0.427 e. The van der Waals surface area contributed by atoms with Crippen LogP contribution in [0.15, 0.2) is 101 Å². The molecule has 0 spiro atoms. The van der Waals surface area contributed by atoms with E-state index < -0.39 is 11.8 Å². The summed E-state index contributed by atoms with van der Waals surface area (Å²) in [6.07, 6.45) is 0.400. The Bertz CT molecular complexity index is 1690. The van der Waals surface area contributed by atoms with E-state index in [1.54, 1.807) is 5.06 Å². The number of hydroxylamine groups is 2. The summed E-state index contributed by atoms with van der Waals surface area (Å²) in [7, 11) is 0. The van der Waals surface area contributed by atoms with Gasteiger partial charge in [-0.15, -0.1) is 15.3 Å². The van der Waals surface area contributed by atoms with Gasteiger partial charge in [0, 0.05) is 18.0 Å². The maximum atomic E-state index is 12.4. The molecule has 226 valence electrons. The molecule has 0 saturated carbocycles. The van der Waals surface area contributed by atoms with Crippen LogP contribution in [0.25, 0.3) is 22.2 Å². The fourth-order valence-electron chi connectivity index (χ4n) is 5.51. The highest BCUT2D eigenvalue weighted by atomic mass is 16.8. The Labute approximate surface area is 257 Å². The number of benzene rings is 4. The Morgan fingerprint density at radius 1 is 0.886 bits per heavy atom. The zero-order chi connectivity index (χ0) is 30.5. The molecule has 0 N–H and O–H groups in total. The van der Waals surface area contributed by atoms with Crippen LogP contribution in [0.5, 0.6) is 0 Å². The molecule has 1 saturated heterocycles. The van der Waals surface area contributed by atoms with E-state index >= 15 is 0 Å². The van der Waals surface area contributed by atoms with E-state index in [2.05, 4.69) is 64.8 Å². The van der Waals surface area contributed by atoms with Gasteiger partial charge in [0.15, 0.2) is 0 Å². The molecular formula is C36H37N3O5. The van der Waals surface area contributed by atoms with Crippen LogP contribution in [0.4, 0.5) is 4.79 Å². The highest BCUT2D eigenvalue weighted by Crippen LogP contribution is 2.32. The molecule has 8 nitrogen and oxygen atoms in total. The zero-order valence-electron chi connectivity index (χ0n) is 25.3. The van der Waals surface area contributed by atoms with Gasteiger partial charge in [0.2, 0.25) is 11.8 Å². The summed E-state index contributed by atoms with van der Waals surface area (Å²) in [5, 5.41) is 12.5. The van der Waals surface area contributed by atoms with Gasteiger partial charge in [-0.3, -0.25) is 0 Å². The number of rotatable bonds is 8. The minimum atomic E-state index is -0.704. The molecule has 2 heterocycles. The maximum absolute atomic E-state index is 12.4. The molecule has 1 fully saturated rings. The molecule has 0 bridgehead atoms. The van der Waals surface area contributed by atoms with Gasteiger partial charge in [0.25, 0.3) is 0 Å². The van der Waals surface area contributed by atoms with Crippen molar-refractivity contribution in [2.24, 2.45) is 0 Å². The summed E-state index contributed by atoms with van der Waals surface area (Å²) >= 11 is 0. The summed E-state index contributed by atoms with van der Waals surface area (Å²) in [5.74, 6) is 1.21. The van der Waals surface area contributed by atoms with Crippen LogP contribution in [0, 0.1) is 0 Å². The lowest BCUT2D eigenvalue weighted by Crippen LogP contribution is -2.45. The van der Waals surface area contributed by atoms with E-state index in [4.69, 9.17) is 18.7 Å². The standard InChI is InChI=1S/C36H37N3O5/c1-36(2,3)43-35(40)44-39-20-19-31(32(23-39)41-24-26-15-16-27-9-7-8-12-30(27)21-26)28-17-13-25(14-18-28)22-33-37-38-34(42-33)29-10-5-4-6-11-29/h4-18,21,31-32H,19-20,22-24H2,1-3H3. The van der Waals surface area contributed by atoms with Crippen LogP contribution in [0.2, 0.25) is 0 Å². The fourth-order valence-corrected chi connectivity index (χ4v) is 5.51. The number of carbonyl (C=O) groups is 1. The Hall–Kier alpha value is -4.53. The van der Waals surface area contributed by atoms with Gasteiger partial charge in [0.05, 0.1) is 25.7 Å². The third-order valence-electron chi connectivity index (χ3n) is 7.64. The minimum absolute atomic E-state index is 0.121. The van der Waals surface area contributed by atoms with Gasteiger partial charge in [-0.05, 0) is 72.9 Å². The lowest BCUT2D eigenvalue weighted by molar-refractivity contribution is -0.179. The molecule has 8 heteroatoms. The number of fused-ring (bicyclic) bond motifs is 1. The summed E-state index contributed by atoms with van der Waals surface area (Å²) in [4.78, 5) is 18.0. The number of aromatic nitrogens is 2. The molecule has 0 amide bonds. The van der Waals surface area contributed by atoms with Gasteiger partial charge < -0.3 is 18.7 Å². The second-order valence-corrected chi connectivity index (χ2v) is 12.2. The quantitative estimate of drug-likeness (QED) is 0.170. The van der Waals surface area contributed by atoms with Crippen LogP contribution in [-0.4, -0.2) is 46.2 Å². The normalized spacial score (nSPS) is 17.4. The van der Waals surface area contributed by atoms with Crippen molar-refractivity contribution < 1.29 is 23.5 Å². The largest absolute Gasteiger partial charge is 0.528 e. The number of carbonyl (C=O) groups excluding carboxylic acids is 1. The predicted octanol–water partition coefficient (Wildman–Crippen LogP) is 7.72. The van der Waals surface area contributed by atoms with Crippen molar-refractivity contribution in [2.75, 3.05) is 13.1 Å². The van der Waals surface area contributed by atoms with E-state index in [1.165, 1.54) is 16.3 Å². The third-order valence-corrected chi connectivity index (χ3v) is 7.64. The number of nitrogens with zero attached hydrogens (tertiary/aromatic N) is 3. The lowest BCUT2D eigenvalue weighted by atomic mass is 9.87. The van der Waals surface area contributed by atoms with Crippen molar-refractivity contribution in [3.8, 4) is 11.5 Å². The molecule has 1 aromatic heterocycles. The van der Waals surface area contributed by atoms with Crippen LogP contribution in [-0.2, 0) is 27.3 Å². The first-order valence-electron chi connectivity index (χ1n) is 15.0. The van der Waals surface area contributed by atoms with E-state index in [-0.39, 0.29) is 12.0 Å². The van der Waals surface area contributed by atoms with Crippen molar-refractivity contribution in [3.05, 3.63) is 120 Å². The fraction of sp³-hybridized carbons (Fsp3) is 0.306. The Morgan fingerprint density at radius 2 is 1.61 bits per heavy atom. The van der Waals surface area contributed by atoms with Crippen molar-refractivity contribution in [1.29, 1.82) is 0 Å². The SMILES string of the molecule is CC(C)(C)OC(=O)ON1CCC(c2ccc(Cc3nnc(-c4ccccc4)o3)cc2)C(OCc2ccc3ccccc3c2)C1. The summed E-state index contributed by atoms with van der Waals surface area (Å²) < 4.78 is 17.9. The molecule has 0 radical (unpaired) electrons. The zero-order valence-corrected chi connectivity index (χ0v) is 25.3. The maximum Gasteiger partial charge on any atom is 0.528 e. The molecule has 1 aliphatic heterocycles. The molecule has 1 aliphatic rings. The van der Waals surface area contributed by atoms with Gasteiger partial charge >= 0.3 is 6.16 Å². The Morgan fingerprint density at radius 3 is 2.39 bits per heavy atom. The van der Waals surface area contributed by atoms with Gasteiger partial charge in [-0.1, -0.05) is 78.9 Å². The average molecular weight is 592 g/mol. The van der Waals surface area contributed by atoms with Crippen molar-refractivity contribution >= 4 is 16.9 Å². The van der Waals surface area contributed by atoms with Crippen LogP contribution >= 0.6 is 0 Å². The van der Waals surface area contributed by atoms with Crippen molar-refractivity contribution in [3.63, 3.8) is 0 Å². The summed E-state index contributed by atoms with van der Waals surface area (Å²) in [6, 6.07) is 32.9. The second kappa shape index (κ2) is 13.0. The Kier molecular flexibility index (Phi) is 8.72. The van der Waals surface area contributed by atoms with Crippen LogP contribution < -0.4 is 0 Å². The Balaban J connectivity index is 1.15.